The molecule has 1 aliphatic carbocycles. The van der Waals surface area contributed by atoms with E-state index in [9.17, 15) is 0 Å². The Bertz CT molecular complexity index is 344. The Kier molecular flexibility index (Phi) is 2.29. The molecule has 1 aromatic heterocycles. The predicted molar refractivity (Wildman–Crippen MR) is 58.2 cm³/mol. The summed E-state index contributed by atoms with van der Waals surface area (Å²) < 4.78 is 5.63. The summed E-state index contributed by atoms with van der Waals surface area (Å²) in [5.41, 5.74) is 0. The van der Waals surface area contributed by atoms with E-state index in [2.05, 4.69) is 10.3 Å². The minimum Gasteiger partial charge on any atom is -0.490 e. The Balaban J connectivity index is 1.51. The maximum atomic E-state index is 5.68. The van der Waals surface area contributed by atoms with Crippen LogP contribution in [0.15, 0.2) is 18.3 Å². The molecule has 1 N–H and O–H groups in total. The number of nitrogens with one attached hydrogen (secondary N) is 1. The van der Waals surface area contributed by atoms with Crippen molar-refractivity contribution in [1.29, 1.82) is 0 Å². The first-order chi connectivity index (χ1) is 7.31. The lowest BCUT2D eigenvalue weighted by Crippen LogP contribution is -2.31. The smallest absolute Gasteiger partial charge is 0.137 e. The van der Waals surface area contributed by atoms with Crippen molar-refractivity contribution in [1.82, 2.24) is 10.3 Å². The summed E-state index contributed by atoms with van der Waals surface area (Å²) >= 11 is 5.68. The molecule has 0 amide bonds. The van der Waals surface area contributed by atoms with Gasteiger partial charge in [-0.25, -0.2) is 4.98 Å². The highest BCUT2D eigenvalue weighted by molar-refractivity contribution is 6.29. The highest BCUT2D eigenvalue weighted by Crippen LogP contribution is 2.40. The van der Waals surface area contributed by atoms with E-state index in [0.29, 0.717) is 11.2 Å². The Morgan fingerprint density at radius 2 is 2.40 bits per heavy atom. The molecule has 15 heavy (non-hydrogen) atoms. The average Bonchev–Trinajstić information content (AvgIpc) is 2.86. The highest BCUT2D eigenvalue weighted by atomic mass is 35.5. The molecule has 0 radical (unpaired) electrons. The number of fused-ring (bicyclic) bond motifs is 1. The molecule has 1 aromatic rings. The summed E-state index contributed by atoms with van der Waals surface area (Å²) in [5.74, 6) is 1.71. The number of hydrogen-bond donors (Lipinski definition) is 1. The maximum Gasteiger partial charge on any atom is 0.137 e. The van der Waals surface area contributed by atoms with Gasteiger partial charge in [-0.05, 0) is 30.9 Å². The molecule has 0 unspecified atom stereocenters. The quantitative estimate of drug-likeness (QED) is 0.796. The molecule has 0 bridgehead atoms. The first-order valence-electron chi connectivity index (χ1n) is 5.31. The lowest BCUT2D eigenvalue weighted by atomic mass is 10.2. The average molecular weight is 225 g/mol. The fraction of sp³-hybridized carbons (Fsp3) is 0.545. The van der Waals surface area contributed by atoms with Gasteiger partial charge in [0, 0.05) is 12.1 Å². The van der Waals surface area contributed by atoms with Gasteiger partial charge < -0.3 is 10.1 Å². The maximum absolute atomic E-state index is 5.68. The van der Waals surface area contributed by atoms with Crippen LogP contribution in [0.2, 0.25) is 5.15 Å². The van der Waals surface area contributed by atoms with Crippen molar-refractivity contribution < 1.29 is 4.74 Å². The molecule has 0 spiro atoms. The second-order valence-electron chi connectivity index (χ2n) is 4.33. The standard InChI is InChI=1S/C11H13ClN2O/c12-11-2-1-9(5-13-11)15-6-8-3-7-4-10(7)14-8/h1-2,5,7-8,10,14H,3-4,6H2/t7-,8-,10+/m1/s1. The third-order valence-electron chi connectivity index (χ3n) is 3.11. The van der Waals surface area contributed by atoms with Gasteiger partial charge >= 0.3 is 0 Å². The fourth-order valence-corrected chi connectivity index (χ4v) is 2.32. The van der Waals surface area contributed by atoms with Crippen molar-refractivity contribution in [2.45, 2.75) is 24.9 Å². The first kappa shape index (κ1) is 9.43. The molecule has 1 saturated heterocycles. The van der Waals surface area contributed by atoms with Gasteiger partial charge in [0.2, 0.25) is 0 Å². The van der Waals surface area contributed by atoms with Gasteiger partial charge in [-0.2, -0.15) is 0 Å². The van der Waals surface area contributed by atoms with E-state index in [4.69, 9.17) is 16.3 Å². The van der Waals surface area contributed by atoms with Crippen LogP contribution in [0.3, 0.4) is 0 Å². The van der Waals surface area contributed by atoms with Crippen LogP contribution in [0.4, 0.5) is 0 Å². The van der Waals surface area contributed by atoms with Crippen LogP contribution in [0.5, 0.6) is 5.75 Å². The van der Waals surface area contributed by atoms with E-state index < -0.39 is 0 Å². The third kappa shape index (κ3) is 2.08. The number of nitrogens with zero attached hydrogens (tertiary/aromatic N) is 1. The molecule has 2 aliphatic rings. The van der Waals surface area contributed by atoms with Crippen LogP contribution in [-0.2, 0) is 0 Å². The van der Waals surface area contributed by atoms with Gasteiger partial charge in [0.1, 0.15) is 17.5 Å². The van der Waals surface area contributed by atoms with Crippen molar-refractivity contribution in [2.24, 2.45) is 5.92 Å². The Labute approximate surface area is 93.8 Å². The molecule has 3 atom stereocenters. The summed E-state index contributed by atoms with van der Waals surface area (Å²) in [6.07, 6.45) is 4.28. The third-order valence-corrected chi connectivity index (χ3v) is 3.33. The zero-order valence-corrected chi connectivity index (χ0v) is 9.07. The first-order valence-corrected chi connectivity index (χ1v) is 5.69. The number of halogens is 1. The van der Waals surface area contributed by atoms with Gasteiger partial charge in [-0.1, -0.05) is 11.6 Å². The fourth-order valence-electron chi connectivity index (χ4n) is 2.21. The Morgan fingerprint density at radius 1 is 1.47 bits per heavy atom. The van der Waals surface area contributed by atoms with Gasteiger partial charge in [0.25, 0.3) is 0 Å². The summed E-state index contributed by atoms with van der Waals surface area (Å²) in [5, 5.41) is 4.04. The van der Waals surface area contributed by atoms with Gasteiger partial charge in [0.15, 0.2) is 0 Å². The predicted octanol–water partition coefficient (Wildman–Crippen LogP) is 1.86. The second-order valence-corrected chi connectivity index (χ2v) is 4.72. The number of hydrogen-bond acceptors (Lipinski definition) is 3. The van der Waals surface area contributed by atoms with Crippen LogP contribution in [0.25, 0.3) is 0 Å². The van der Waals surface area contributed by atoms with Gasteiger partial charge in [0.05, 0.1) is 6.20 Å². The minimum atomic E-state index is 0.502. The topological polar surface area (TPSA) is 34.1 Å². The SMILES string of the molecule is Clc1ccc(OC[C@H]2C[C@@H]3C[C@@H]3N2)cn1. The monoisotopic (exact) mass is 224 g/mol. The van der Waals surface area contributed by atoms with Crippen molar-refractivity contribution in [3.63, 3.8) is 0 Å². The van der Waals surface area contributed by atoms with E-state index in [1.165, 1.54) is 12.8 Å². The lowest BCUT2D eigenvalue weighted by Gasteiger charge is -2.13. The molecule has 2 fully saturated rings. The van der Waals surface area contributed by atoms with E-state index in [-0.39, 0.29) is 0 Å². The zero-order valence-electron chi connectivity index (χ0n) is 8.32. The largest absolute Gasteiger partial charge is 0.490 e. The molecule has 3 rings (SSSR count). The van der Waals surface area contributed by atoms with Crippen LogP contribution in [-0.4, -0.2) is 23.7 Å². The highest BCUT2D eigenvalue weighted by Gasteiger charge is 2.45. The van der Waals surface area contributed by atoms with E-state index in [1.54, 1.807) is 12.3 Å². The van der Waals surface area contributed by atoms with Crippen LogP contribution in [0, 0.1) is 5.92 Å². The number of rotatable bonds is 3. The second kappa shape index (κ2) is 3.65. The molecule has 1 saturated carbocycles. The molecule has 80 valence electrons. The zero-order chi connectivity index (χ0) is 10.3. The van der Waals surface area contributed by atoms with Crippen LogP contribution in [0.1, 0.15) is 12.8 Å². The van der Waals surface area contributed by atoms with E-state index in [0.717, 1.165) is 24.3 Å². The van der Waals surface area contributed by atoms with Crippen molar-refractivity contribution in [3.05, 3.63) is 23.5 Å². The molecule has 0 aromatic carbocycles. The molecule has 4 heteroatoms. The summed E-state index contributed by atoms with van der Waals surface area (Å²) in [7, 11) is 0. The molecule has 2 heterocycles. The van der Waals surface area contributed by atoms with Crippen molar-refractivity contribution >= 4 is 11.6 Å². The normalized spacial score (nSPS) is 32.5. The van der Waals surface area contributed by atoms with Crippen molar-refractivity contribution in [2.75, 3.05) is 6.61 Å². The Morgan fingerprint density at radius 3 is 3.07 bits per heavy atom. The number of ether oxygens (including phenoxy) is 1. The Hall–Kier alpha value is -0.800. The molecular weight excluding hydrogens is 212 g/mol. The lowest BCUT2D eigenvalue weighted by molar-refractivity contribution is 0.267. The summed E-state index contributed by atoms with van der Waals surface area (Å²) in [4.78, 5) is 3.97. The molecule has 3 nitrogen and oxygen atoms in total. The van der Waals surface area contributed by atoms with E-state index >= 15 is 0 Å². The number of pyridine rings is 1. The number of aromatic nitrogens is 1. The van der Waals surface area contributed by atoms with Crippen LogP contribution >= 0.6 is 11.6 Å². The minimum absolute atomic E-state index is 0.502. The van der Waals surface area contributed by atoms with E-state index in [1.807, 2.05) is 6.07 Å². The van der Waals surface area contributed by atoms with Gasteiger partial charge in [-0.3, -0.25) is 0 Å². The van der Waals surface area contributed by atoms with Gasteiger partial charge in [-0.15, -0.1) is 0 Å². The summed E-state index contributed by atoms with van der Waals surface area (Å²) in [6.45, 7) is 0.732. The molecule has 1 aliphatic heterocycles. The molecular formula is C11H13ClN2O. The number of piperidine rings is 1. The van der Waals surface area contributed by atoms with Crippen molar-refractivity contribution in [3.8, 4) is 5.75 Å². The summed E-state index contributed by atoms with van der Waals surface area (Å²) in [6, 6.07) is 4.90. The van der Waals surface area contributed by atoms with Crippen LogP contribution < -0.4 is 10.1 Å².